The van der Waals surface area contributed by atoms with Gasteiger partial charge in [-0.15, -0.1) is 0 Å². The molecule has 5 nitrogen and oxygen atoms in total. The Hall–Kier alpha value is -3.65. The molecule has 0 aliphatic rings. The molecule has 0 aliphatic heterocycles. The maximum atomic E-state index is 9.15. The Kier molecular flexibility index (Phi) is 3.41. The molecule has 0 saturated carbocycles. The lowest BCUT2D eigenvalue weighted by atomic mass is 10.0. The number of nitrogens with zero attached hydrogens (tertiary/aromatic N) is 3. The van der Waals surface area contributed by atoms with Crippen molar-refractivity contribution >= 4 is 22.4 Å². The van der Waals surface area contributed by atoms with Gasteiger partial charge in [0.05, 0.1) is 17.3 Å². The molecule has 0 unspecified atom stereocenters. The van der Waals surface area contributed by atoms with E-state index in [9.17, 15) is 0 Å². The Balaban J connectivity index is 1.90. The highest BCUT2D eigenvalue weighted by Crippen LogP contribution is 2.30. The van der Waals surface area contributed by atoms with E-state index >= 15 is 0 Å². The number of benzene rings is 2. The first-order chi connectivity index (χ1) is 11.8. The van der Waals surface area contributed by atoms with Crippen LogP contribution in [0.2, 0.25) is 0 Å². The lowest BCUT2D eigenvalue weighted by molar-refractivity contribution is 1.09. The molecule has 0 saturated heterocycles. The molecule has 0 radical (unpaired) electrons. The molecule has 0 fully saturated rings. The Morgan fingerprint density at radius 1 is 0.958 bits per heavy atom. The summed E-state index contributed by atoms with van der Waals surface area (Å²) in [4.78, 5) is 4.75. The number of anilines is 2. The number of aromatic amines is 1. The summed E-state index contributed by atoms with van der Waals surface area (Å²) < 4.78 is 0. The Bertz CT molecular complexity index is 1040. The van der Waals surface area contributed by atoms with E-state index in [1.807, 2.05) is 54.6 Å². The van der Waals surface area contributed by atoms with Crippen molar-refractivity contribution in [2.45, 2.75) is 0 Å². The molecule has 2 aromatic carbocycles. The molecule has 2 N–H and O–H groups in total. The average molecular weight is 311 g/mol. The molecule has 2 aromatic heterocycles. The maximum Gasteiger partial charge on any atom is 0.153 e. The van der Waals surface area contributed by atoms with Crippen molar-refractivity contribution in [3.63, 3.8) is 0 Å². The van der Waals surface area contributed by atoms with Gasteiger partial charge in [0.1, 0.15) is 5.82 Å². The first kappa shape index (κ1) is 14.0. The van der Waals surface area contributed by atoms with Crippen LogP contribution in [-0.4, -0.2) is 15.2 Å². The number of rotatable bonds is 3. The van der Waals surface area contributed by atoms with Crippen LogP contribution < -0.4 is 5.32 Å². The van der Waals surface area contributed by atoms with Gasteiger partial charge in [-0.05, 0) is 23.6 Å². The van der Waals surface area contributed by atoms with E-state index in [2.05, 4.69) is 21.6 Å². The van der Waals surface area contributed by atoms with Gasteiger partial charge in [-0.25, -0.2) is 4.98 Å². The van der Waals surface area contributed by atoms with Gasteiger partial charge in [0.25, 0.3) is 0 Å². The lowest BCUT2D eigenvalue weighted by Crippen LogP contribution is -1.97. The van der Waals surface area contributed by atoms with Crippen molar-refractivity contribution < 1.29 is 0 Å². The van der Waals surface area contributed by atoms with Gasteiger partial charge in [0.15, 0.2) is 5.82 Å². The van der Waals surface area contributed by atoms with Gasteiger partial charge in [-0.2, -0.15) is 10.4 Å². The Morgan fingerprint density at radius 2 is 1.88 bits per heavy atom. The normalized spacial score (nSPS) is 10.5. The number of H-pyrrole nitrogens is 1. The monoisotopic (exact) mass is 311 g/mol. The molecule has 0 amide bonds. The largest absolute Gasteiger partial charge is 0.323 e. The van der Waals surface area contributed by atoms with Gasteiger partial charge in [0.2, 0.25) is 0 Å². The van der Waals surface area contributed by atoms with Crippen LogP contribution in [0, 0.1) is 11.3 Å². The molecule has 24 heavy (non-hydrogen) atoms. The lowest BCUT2D eigenvalue weighted by Gasteiger charge is -2.10. The third kappa shape index (κ3) is 2.57. The third-order valence-electron chi connectivity index (χ3n) is 3.76. The number of nitrogens with one attached hydrogen (secondary N) is 2. The van der Waals surface area contributed by atoms with Gasteiger partial charge in [0, 0.05) is 23.2 Å². The van der Waals surface area contributed by atoms with Crippen LogP contribution in [0.25, 0.3) is 22.0 Å². The molecular formula is C19H13N5. The van der Waals surface area contributed by atoms with E-state index < -0.39 is 0 Å². The van der Waals surface area contributed by atoms with Crippen molar-refractivity contribution in [2.75, 3.05) is 5.32 Å². The van der Waals surface area contributed by atoms with Crippen LogP contribution in [0.4, 0.5) is 11.6 Å². The van der Waals surface area contributed by atoms with E-state index in [1.54, 1.807) is 12.3 Å². The topological polar surface area (TPSA) is 77.4 Å². The minimum Gasteiger partial charge on any atom is -0.323 e. The zero-order valence-corrected chi connectivity index (χ0v) is 12.7. The second kappa shape index (κ2) is 5.86. The highest BCUT2D eigenvalue weighted by Gasteiger charge is 2.09. The molecule has 4 aromatic rings. The van der Waals surface area contributed by atoms with E-state index in [0.717, 1.165) is 22.0 Å². The van der Waals surface area contributed by atoms with Crippen molar-refractivity contribution in [2.24, 2.45) is 0 Å². The summed E-state index contributed by atoms with van der Waals surface area (Å²) in [5.74, 6) is 1.41. The van der Waals surface area contributed by atoms with Crippen LogP contribution in [0.1, 0.15) is 5.56 Å². The van der Waals surface area contributed by atoms with E-state index in [0.29, 0.717) is 17.2 Å². The number of pyridine rings is 1. The van der Waals surface area contributed by atoms with Gasteiger partial charge in [-0.3, -0.25) is 5.10 Å². The van der Waals surface area contributed by atoms with Gasteiger partial charge < -0.3 is 5.32 Å². The summed E-state index contributed by atoms with van der Waals surface area (Å²) in [6.45, 7) is 0. The predicted octanol–water partition coefficient (Wildman–Crippen LogP) is 4.24. The maximum absolute atomic E-state index is 9.15. The van der Waals surface area contributed by atoms with Crippen LogP contribution in [0.15, 0.2) is 66.9 Å². The van der Waals surface area contributed by atoms with E-state index in [1.165, 1.54) is 0 Å². The highest BCUT2D eigenvalue weighted by molar-refractivity contribution is 5.96. The van der Waals surface area contributed by atoms with Crippen LogP contribution in [0.5, 0.6) is 0 Å². The van der Waals surface area contributed by atoms with Crippen LogP contribution in [-0.2, 0) is 0 Å². The average Bonchev–Trinajstić information content (AvgIpc) is 3.14. The molecule has 0 aliphatic carbocycles. The number of hydrogen-bond donors (Lipinski definition) is 2. The molecule has 0 bridgehead atoms. The molecular weight excluding hydrogens is 298 g/mol. The second-order valence-corrected chi connectivity index (χ2v) is 5.35. The molecule has 4 rings (SSSR count). The second-order valence-electron chi connectivity index (χ2n) is 5.35. The van der Waals surface area contributed by atoms with Crippen molar-refractivity contribution in [3.8, 4) is 17.3 Å². The first-order valence-electron chi connectivity index (χ1n) is 7.50. The van der Waals surface area contributed by atoms with Crippen LogP contribution in [0.3, 0.4) is 0 Å². The highest BCUT2D eigenvalue weighted by atomic mass is 15.2. The fourth-order valence-electron chi connectivity index (χ4n) is 2.68. The van der Waals surface area contributed by atoms with E-state index in [-0.39, 0.29) is 0 Å². The van der Waals surface area contributed by atoms with Crippen molar-refractivity contribution in [1.29, 1.82) is 5.26 Å². The molecule has 5 heteroatoms. The number of hydrogen-bond acceptors (Lipinski definition) is 4. The summed E-state index contributed by atoms with van der Waals surface area (Å²) in [6.07, 6.45) is 1.75. The summed E-state index contributed by atoms with van der Waals surface area (Å²) in [7, 11) is 0. The zero-order chi connectivity index (χ0) is 16.4. The first-order valence-corrected chi connectivity index (χ1v) is 7.50. The zero-order valence-electron chi connectivity index (χ0n) is 12.7. The van der Waals surface area contributed by atoms with E-state index in [4.69, 9.17) is 10.2 Å². The minimum atomic E-state index is 0.615. The number of nitriles is 1. The molecule has 114 valence electrons. The number of fused-ring (bicyclic) bond motifs is 1. The summed E-state index contributed by atoms with van der Waals surface area (Å²) >= 11 is 0. The van der Waals surface area contributed by atoms with Crippen LogP contribution >= 0.6 is 0 Å². The Morgan fingerprint density at radius 3 is 2.71 bits per heavy atom. The summed E-state index contributed by atoms with van der Waals surface area (Å²) in [5.41, 5.74) is 2.36. The fraction of sp³-hybridized carbons (Fsp3) is 0. The van der Waals surface area contributed by atoms with Gasteiger partial charge >= 0.3 is 0 Å². The fourth-order valence-corrected chi connectivity index (χ4v) is 2.68. The summed E-state index contributed by atoms with van der Waals surface area (Å²) in [5, 5.41) is 21.3. The smallest absolute Gasteiger partial charge is 0.153 e. The molecule has 2 heterocycles. The quantitative estimate of drug-likeness (QED) is 0.593. The SMILES string of the molecule is N#Cc1cccc(-c2nc(Nc3cc[nH]n3)cc3ccccc23)c1. The third-order valence-corrected chi connectivity index (χ3v) is 3.76. The standard InChI is InChI=1S/C19H13N5/c20-12-13-4-3-6-15(10-13)19-16-7-2-1-5-14(16)11-18(23-19)22-17-8-9-21-24-17/h1-11H,(H2,21,22,23,24). The van der Waals surface area contributed by atoms with Crippen molar-refractivity contribution in [3.05, 3.63) is 72.4 Å². The van der Waals surface area contributed by atoms with Crippen molar-refractivity contribution in [1.82, 2.24) is 15.2 Å². The molecule has 0 atom stereocenters. The number of aromatic nitrogens is 3. The Labute approximate surface area is 138 Å². The van der Waals surface area contributed by atoms with Gasteiger partial charge in [-0.1, -0.05) is 36.4 Å². The predicted molar refractivity (Wildman–Crippen MR) is 93.8 cm³/mol. The summed E-state index contributed by atoms with van der Waals surface area (Å²) in [6, 6.07) is 21.6. The molecule has 0 spiro atoms. The minimum absolute atomic E-state index is 0.615.